The zero-order chi connectivity index (χ0) is 19.8. The Kier molecular flexibility index (Phi) is 7.18. The van der Waals surface area contributed by atoms with E-state index in [0.29, 0.717) is 18.0 Å². The van der Waals surface area contributed by atoms with Gasteiger partial charge in [0, 0.05) is 45.5 Å². The summed E-state index contributed by atoms with van der Waals surface area (Å²) in [5.41, 5.74) is 2.46. The van der Waals surface area contributed by atoms with Crippen molar-refractivity contribution in [2.24, 2.45) is 4.99 Å². The Morgan fingerprint density at radius 2 is 2.04 bits per heavy atom. The van der Waals surface area contributed by atoms with Gasteiger partial charge in [-0.05, 0) is 26.0 Å². The number of nitrogens with zero attached hydrogens (tertiary/aromatic N) is 5. The molecule has 150 valence electrons. The summed E-state index contributed by atoms with van der Waals surface area (Å²) in [6.45, 7) is 9.33. The number of aryl methyl sites for hydroxylation is 1. The Labute approximate surface area is 169 Å². The number of rotatable bonds is 6. The molecule has 1 amide bonds. The van der Waals surface area contributed by atoms with Crippen molar-refractivity contribution >= 4 is 29.0 Å². The van der Waals surface area contributed by atoms with Crippen LogP contribution in [-0.4, -0.2) is 72.5 Å². The lowest BCUT2D eigenvalue weighted by atomic mass is 10.3. The predicted molar refractivity (Wildman–Crippen MR) is 113 cm³/mol. The van der Waals surface area contributed by atoms with Crippen LogP contribution in [-0.2, 0) is 0 Å². The van der Waals surface area contributed by atoms with Crippen LogP contribution in [0.3, 0.4) is 0 Å². The molecule has 0 unspecified atom stereocenters. The van der Waals surface area contributed by atoms with Gasteiger partial charge in [0.2, 0.25) is 0 Å². The van der Waals surface area contributed by atoms with Crippen LogP contribution < -0.4 is 15.5 Å². The van der Waals surface area contributed by atoms with E-state index in [0.717, 1.165) is 50.2 Å². The van der Waals surface area contributed by atoms with Gasteiger partial charge in [0.15, 0.2) is 5.96 Å². The number of pyridine rings is 1. The molecular weight excluding hydrogens is 374 g/mol. The minimum absolute atomic E-state index is 0.0795. The smallest absolute Gasteiger partial charge is 0.263 e. The van der Waals surface area contributed by atoms with Crippen molar-refractivity contribution in [1.29, 1.82) is 0 Å². The summed E-state index contributed by atoms with van der Waals surface area (Å²) in [7, 11) is 0. The van der Waals surface area contributed by atoms with Crippen LogP contribution in [0.2, 0.25) is 0 Å². The molecule has 3 heterocycles. The van der Waals surface area contributed by atoms with Gasteiger partial charge in [-0.15, -0.1) is 11.3 Å². The van der Waals surface area contributed by atoms with E-state index in [2.05, 4.69) is 42.3 Å². The summed E-state index contributed by atoms with van der Waals surface area (Å²) in [5.74, 6) is 1.83. The Hall–Kier alpha value is -2.68. The van der Waals surface area contributed by atoms with Crippen LogP contribution in [0.15, 0.2) is 34.9 Å². The summed E-state index contributed by atoms with van der Waals surface area (Å²) < 4.78 is 0. The van der Waals surface area contributed by atoms with E-state index in [1.807, 2.05) is 31.3 Å². The molecule has 2 aromatic rings. The van der Waals surface area contributed by atoms with Crippen molar-refractivity contribution in [3.8, 4) is 0 Å². The second-order valence-electron chi connectivity index (χ2n) is 6.42. The van der Waals surface area contributed by atoms with Crippen molar-refractivity contribution in [3.05, 3.63) is 40.5 Å². The molecule has 8 nitrogen and oxygen atoms in total. The number of thiazole rings is 1. The van der Waals surface area contributed by atoms with Crippen molar-refractivity contribution in [3.63, 3.8) is 0 Å². The van der Waals surface area contributed by atoms with Crippen LogP contribution in [0.5, 0.6) is 0 Å². The van der Waals surface area contributed by atoms with E-state index in [-0.39, 0.29) is 5.91 Å². The number of guanidine groups is 1. The highest BCUT2D eigenvalue weighted by Gasteiger charge is 2.20. The monoisotopic (exact) mass is 401 g/mol. The number of amides is 1. The zero-order valence-electron chi connectivity index (χ0n) is 16.4. The molecule has 1 aliphatic rings. The predicted octanol–water partition coefficient (Wildman–Crippen LogP) is 1.36. The average Bonchev–Trinajstić information content (AvgIpc) is 3.17. The van der Waals surface area contributed by atoms with Crippen LogP contribution in [0.25, 0.3) is 0 Å². The number of hydrogen-bond acceptors (Lipinski definition) is 6. The summed E-state index contributed by atoms with van der Waals surface area (Å²) >= 11 is 1.36. The Morgan fingerprint density at radius 3 is 2.68 bits per heavy atom. The van der Waals surface area contributed by atoms with E-state index in [1.165, 1.54) is 11.3 Å². The highest BCUT2D eigenvalue weighted by Crippen LogP contribution is 2.13. The normalized spacial score (nSPS) is 14.9. The molecule has 0 spiro atoms. The van der Waals surface area contributed by atoms with Crippen LogP contribution in [0, 0.1) is 6.92 Å². The van der Waals surface area contributed by atoms with Gasteiger partial charge >= 0.3 is 0 Å². The number of carbonyl (C=O) groups excluding carboxylic acids is 1. The molecule has 28 heavy (non-hydrogen) atoms. The van der Waals surface area contributed by atoms with E-state index >= 15 is 0 Å². The number of aliphatic imine (C=N–C) groups is 1. The van der Waals surface area contributed by atoms with Gasteiger partial charge < -0.3 is 20.4 Å². The van der Waals surface area contributed by atoms with Gasteiger partial charge in [0.25, 0.3) is 5.91 Å². The molecule has 0 bridgehead atoms. The highest BCUT2D eigenvalue weighted by atomic mass is 32.1. The second kappa shape index (κ2) is 10.0. The van der Waals surface area contributed by atoms with E-state index < -0.39 is 0 Å². The third-order valence-electron chi connectivity index (χ3n) is 4.50. The third-order valence-corrected chi connectivity index (χ3v) is 5.43. The molecule has 2 aromatic heterocycles. The fourth-order valence-electron chi connectivity index (χ4n) is 3.05. The summed E-state index contributed by atoms with van der Waals surface area (Å²) in [4.78, 5) is 30.6. The maximum absolute atomic E-state index is 12.1. The number of hydrogen-bond donors (Lipinski definition) is 2. The fraction of sp³-hybridized carbons (Fsp3) is 0.474. The number of aromatic nitrogens is 2. The maximum Gasteiger partial charge on any atom is 0.263 e. The molecular formula is C19H27N7OS. The van der Waals surface area contributed by atoms with Gasteiger partial charge in [-0.3, -0.25) is 9.79 Å². The van der Waals surface area contributed by atoms with E-state index in [4.69, 9.17) is 0 Å². The van der Waals surface area contributed by atoms with Gasteiger partial charge in [-0.1, -0.05) is 6.07 Å². The Balaban J connectivity index is 1.49. The molecule has 1 fully saturated rings. The zero-order valence-corrected chi connectivity index (χ0v) is 17.2. The lowest BCUT2D eigenvalue weighted by Gasteiger charge is -2.37. The summed E-state index contributed by atoms with van der Waals surface area (Å²) in [6, 6.07) is 6.00. The van der Waals surface area contributed by atoms with Crippen molar-refractivity contribution in [1.82, 2.24) is 25.5 Å². The van der Waals surface area contributed by atoms with Gasteiger partial charge in [-0.25, -0.2) is 9.97 Å². The number of anilines is 1. The van der Waals surface area contributed by atoms with Crippen LogP contribution >= 0.6 is 11.3 Å². The maximum atomic E-state index is 12.1. The average molecular weight is 402 g/mol. The van der Waals surface area contributed by atoms with Gasteiger partial charge in [0.05, 0.1) is 17.7 Å². The van der Waals surface area contributed by atoms with Crippen molar-refractivity contribution in [2.45, 2.75) is 13.8 Å². The lowest BCUT2D eigenvalue weighted by molar-refractivity contribution is 0.0958. The van der Waals surface area contributed by atoms with E-state index in [1.54, 1.807) is 5.51 Å². The molecule has 0 radical (unpaired) electrons. The highest BCUT2D eigenvalue weighted by molar-refractivity contribution is 7.11. The largest absolute Gasteiger partial charge is 0.357 e. The Morgan fingerprint density at radius 1 is 1.21 bits per heavy atom. The fourth-order valence-corrected chi connectivity index (χ4v) is 3.76. The topological polar surface area (TPSA) is 85.7 Å². The first-order valence-corrected chi connectivity index (χ1v) is 10.4. The lowest BCUT2D eigenvalue weighted by Crippen LogP contribution is -2.52. The molecule has 1 saturated heterocycles. The molecule has 2 N–H and O–H groups in total. The molecule has 9 heteroatoms. The number of carbonyl (C=O) groups is 1. The molecule has 0 atom stereocenters. The number of nitrogens with one attached hydrogen (secondary N) is 2. The Bertz CT molecular complexity index is 785. The molecule has 0 aliphatic carbocycles. The summed E-state index contributed by atoms with van der Waals surface area (Å²) in [6.07, 6.45) is 1.83. The first-order chi connectivity index (χ1) is 13.7. The van der Waals surface area contributed by atoms with E-state index in [9.17, 15) is 4.79 Å². The van der Waals surface area contributed by atoms with Crippen molar-refractivity contribution in [2.75, 3.05) is 50.7 Å². The molecule has 0 aromatic carbocycles. The minimum Gasteiger partial charge on any atom is -0.357 e. The summed E-state index contributed by atoms with van der Waals surface area (Å²) in [5, 5.41) is 6.27. The molecule has 3 rings (SSSR count). The van der Waals surface area contributed by atoms with Gasteiger partial charge in [-0.2, -0.15) is 0 Å². The van der Waals surface area contributed by atoms with Crippen LogP contribution in [0.4, 0.5) is 5.82 Å². The molecule has 0 saturated carbocycles. The first-order valence-electron chi connectivity index (χ1n) is 9.56. The van der Waals surface area contributed by atoms with Gasteiger partial charge in [0.1, 0.15) is 10.7 Å². The van der Waals surface area contributed by atoms with Crippen LogP contribution in [0.1, 0.15) is 22.3 Å². The molecule has 1 aliphatic heterocycles. The minimum atomic E-state index is -0.0795. The third kappa shape index (κ3) is 5.19. The second-order valence-corrected chi connectivity index (χ2v) is 7.28. The van der Waals surface area contributed by atoms with Crippen molar-refractivity contribution < 1.29 is 4.79 Å². The number of piperazine rings is 1. The first kappa shape index (κ1) is 20.1. The standard InChI is InChI=1S/C19H27N7OS/c1-3-20-19(23-9-8-22-18(27)17-15(2)24-14-28-17)26-12-10-25(11-13-26)16-6-4-5-7-21-16/h4-7,14H,3,8-13H2,1-2H3,(H,20,23)(H,22,27). The quantitative estimate of drug-likeness (QED) is 0.432. The SMILES string of the molecule is CCNC(=NCCNC(=O)c1scnc1C)N1CCN(c2ccccn2)CC1.